The van der Waals surface area contributed by atoms with Gasteiger partial charge in [-0.15, -0.1) is 0 Å². The number of hydrogen-bond acceptors (Lipinski definition) is 5. The second-order valence-electron chi connectivity index (χ2n) is 3.51. The SMILES string of the molecule is CCOC(=O)CS(=O)(=O)Nc1cc(Br)ccc1OC. The smallest absolute Gasteiger partial charge is 0.323 e. The topological polar surface area (TPSA) is 81.7 Å². The van der Waals surface area contributed by atoms with Crippen LogP contribution in [0.2, 0.25) is 0 Å². The van der Waals surface area contributed by atoms with Crippen LogP contribution >= 0.6 is 15.9 Å². The summed E-state index contributed by atoms with van der Waals surface area (Å²) < 4.78 is 36.2. The van der Waals surface area contributed by atoms with Gasteiger partial charge in [-0.2, -0.15) is 0 Å². The number of esters is 1. The summed E-state index contributed by atoms with van der Waals surface area (Å²) in [6.07, 6.45) is 0. The molecule has 0 radical (unpaired) electrons. The summed E-state index contributed by atoms with van der Waals surface area (Å²) in [5.74, 6) is -1.18. The molecule has 19 heavy (non-hydrogen) atoms. The van der Waals surface area contributed by atoms with Crippen LogP contribution in [0.3, 0.4) is 0 Å². The standard InChI is InChI=1S/C11H14BrNO5S/c1-3-18-11(14)7-19(15,16)13-9-6-8(12)4-5-10(9)17-2/h4-6,13H,3,7H2,1-2H3. The molecule has 0 aliphatic rings. The molecule has 0 amide bonds. The lowest BCUT2D eigenvalue weighted by Crippen LogP contribution is -2.24. The number of halogens is 1. The van der Waals surface area contributed by atoms with Crippen molar-refractivity contribution in [2.24, 2.45) is 0 Å². The number of nitrogens with one attached hydrogen (secondary N) is 1. The fourth-order valence-corrected chi connectivity index (χ4v) is 2.64. The average Bonchev–Trinajstić information content (AvgIpc) is 2.28. The number of ether oxygens (including phenoxy) is 2. The van der Waals surface area contributed by atoms with Gasteiger partial charge in [0.25, 0.3) is 0 Å². The van der Waals surface area contributed by atoms with Crippen LogP contribution in [0.25, 0.3) is 0 Å². The van der Waals surface area contributed by atoms with Crippen LogP contribution in [0.15, 0.2) is 22.7 Å². The molecule has 106 valence electrons. The van der Waals surface area contributed by atoms with Crippen LogP contribution in [0.4, 0.5) is 5.69 Å². The van der Waals surface area contributed by atoms with E-state index in [1.165, 1.54) is 7.11 Å². The molecule has 6 nitrogen and oxygen atoms in total. The van der Waals surface area contributed by atoms with E-state index in [0.29, 0.717) is 10.2 Å². The first-order chi connectivity index (χ1) is 8.88. The molecule has 0 atom stereocenters. The van der Waals surface area contributed by atoms with Crippen molar-refractivity contribution in [3.05, 3.63) is 22.7 Å². The van der Waals surface area contributed by atoms with Crippen molar-refractivity contribution in [1.29, 1.82) is 0 Å². The summed E-state index contributed by atoms with van der Waals surface area (Å²) in [7, 11) is -2.41. The Kier molecular flexibility index (Phi) is 5.61. The van der Waals surface area contributed by atoms with Crippen molar-refractivity contribution in [1.82, 2.24) is 0 Å². The maximum Gasteiger partial charge on any atom is 0.323 e. The number of methoxy groups -OCH3 is 1. The van der Waals surface area contributed by atoms with Gasteiger partial charge < -0.3 is 9.47 Å². The van der Waals surface area contributed by atoms with Crippen LogP contribution in [-0.2, 0) is 19.6 Å². The third-order valence-electron chi connectivity index (χ3n) is 2.04. The minimum Gasteiger partial charge on any atom is -0.495 e. The third-order valence-corrected chi connectivity index (χ3v) is 3.68. The van der Waals surface area contributed by atoms with E-state index >= 15 is 0 Å². The Bertz CT molecular complexity index is 558. The lowest BCUT2D eigenvalue weighted by molar-refractivity contribution is -0.139. The van der Waals surface area contributed by atoms with E-state index in [1.807, 2.05) is 0 Å². The Labute approximate surface area is 120 Å². The Morgan fingerprint density at radius 1 is 1.42 bits per heavy atom. The van der Waals surface area contributed by atoms with E-state index in [1.54, 1.807) is 25.1 Å². The van der Waals surface area contributed by atoms with E-state index in [-0.39, 0.29) is 12.3 Å². The summed E-state index contributed by atoms with van der Waals surface area (Å²) >= 11 is 3.23. The first-order valence-corrected chi connectivity index (χ1v) is 7.82. The lowest BCUT2D eigenvalue weighted by Gasteiger charge is -2.11. The van der Waals surface area contributed by atoms with Crippen LogP contribution < -0.4 is 9.46 Å². The van der Waals surface area contributed by atoms with Crippen LogP contribution in [-0.4, -0.2) is 33.9 Å². The first-order valence-electron chi connectivity index (χ1n) is 5.37. The van der Waals surface area contributed by atoms with Gasteiger partial charge in [-0.25, -0.2) is 8.42 Å². The predicted octanol–water partition coefficient (Wildman–Crippen LogP) is 1.76. The molecule has 0 fully saturated rings. The zero-order valence-electron chi connectivity index (χ0n) is 10.5. The van der Waals surface area contributed by atoms with Crippen molar-refractivity contribution in [3.8, 4) is 5.75 Å². The van der Waals surface area contributed by atoms with Gasteiger partial charge in [-0.1, -0.05) is 15.9 Å². The van der Waals surface area contributed by atoms with Gasteiger partial charge in [0.1, 0.15) is 5.75 Å². The van der Waals surface area contributed by atoms with Crippen LogP contribution in [0.5, 0.6) is 5.75 Å². The normalized spacial score (nSPS) is 10.9. The molecule has 1 aromatic carbocycles. The number of carbonyl (C=O) groups excluding carboxylic acids is 1. The minimum absolute atomic E-state index is 0.133. The van der Waals surface area contributed by atoms with Gasteiger partial charge in [-0.3, -0.25) is 9.52 Å². The highest BCUT2D eigenvalue weighted by atomic mass is 79.9. The van der Waals surface area contributed by atoms with Gasteiger partial charge >= 0.3 is 5.97 Å². The molecule has 0 saturated carbocycles. The average molecular weight is 352 g/mol. The highest BCUT2D eigenvalue weighted by Gasteiger charge is 2.19. The Morgan fingerprint density at radius 3 is 2.68 bits per heavy atom. The maximum absolute atomic E-state index is 11.8. The molecule has 0 saturated heterocycles. The molecule has 0 aromatic heterocycles. The van der Waals surface area contributed by atoms with Gasteiger partial charge in [0.2, 0.25) is 10.0 Å². The van der Waals surface area contributed by atoms with Crippen LogP contribution in [0.1, 0.15) is 6.92 Å². The Morgan fingerprint density at radius 2 is 2.11 bits per heavy atom. The molecular formula is C11H14BrNO5S. The van der Waals surface area contributed by atoms with Crippen molar-refractivity contribution in [2.45, 2.75) is 6.92 Å². The second kappa shape index (κ2) is 6.76. The molecule has 1 N–H and O–H groups in total. The largest absolute Gasteiger partial charge is 0.495 e. The predicted molar refractivity (Wildman–Crippen MR) is 74.7 cm³/mol. The molecule has 1 aromatic rings. The lowest BCUT2D eigenvalue weighted by atomic mass is 10.3. The second-order valence-corrected chi connectivity index (χ2v) is 6.15. The number of sulfonamides is 1. The number of hydrogen-bond donors (Lipinski definition) is 1. The van der Waals surface area contributed by atoms with E-state index in [9.17, 15) is 13.2 Å². The summed E-state index contributed by atoms with van der Waals surface area (Å²) in [6.45, 7) is 1.74. The van der Waals surface area contributed by atoms with E-state index in [0.717, 1.165) is 0 Å². The fraction of sp³-hybridized carbons (Fsp3) is 0.364. The Balaban J connectivity index is 2.89. The van der Waals surface area contributed by atoms with Gasteiger partial charge in [0, 0.05) is 4.47 Å². The van der Waals surface area contributed by atoms with Gasteiger partial charge in [-0.05, 0) is 25.1 Å². The third kappa shape index (κ3) is 5.07. The monoisotopic (exact) mass is 351 g/mol. The molecule has 0 heterocycles. The fourth-order valence-electron chi connectivity index (χ4n) is 1.32. The molecule has 1 rings (SSSR count). The Hall–Kier alpha value is -1.28. The number of benzene rings is 1. The molecule has 0 aliphatic heterocycles. The van der Waals surface area contributed by atoms with Crippen molar-refractivity contribution < 1.29 is 22.7 Å². The molecule has 0 aliphatic carbocycles. The number of anilines is 1. The van der Waals surface area contributed by atoms with Gasteiger partial charge in [0.05, 0.1) is 19.4 Å². The molecule has 0 unspecified atom stereocenters. The highest BCUT2D eigenvalue weighted by Crippen LogP contribution is 2.28. The number of carbonyl (C=O) groups is 1. The van der Waals surface area contributed by atoms with Crippen molar-refractivity contribution >= 4 is 37.6 Å². The first kappa shape index (κ1) is 15.8. The zero-order valence-corrected chi connectivity index (χ0v) is 12.9. The molecular weight excluding hydrogens is 338 g/mol. The summed E-state index contributed by atoms with van der Waals surface area (Å²) in [6, 6.07) is 4.86. The van der Waals surface area contributed by atoms with Gasteiger partial charge in [0.15, 0.2) is 5.75 Å². The minimum atomic E-state index is -3.83. The van der Waals surface area contributed by atoms with Crippen molar-refractivity contribution in [3.63, 3.8) is 0 Å². The van der Waals surface area contributed by atoms with E-state index in [4.69, 9.17) is 4.74 Å². The van der Waals surface area contributed by atoms with E-state index < -0.39 is 21.7 Å². The highest BCUT2D eigenvalue weighted by molar-refractivity contribution is 9.10. The summed E-state index contributed by atoms with van der Waals surface area (Å²) in [5.41, 5.74) is 0.251. The number of rotatable bonds is 6. The van der Waals surface area contributed by atoms with E-state index in [2.05, 4.69) is 25.4 Å². The summed E-state index contributed by atoms with van der Waals surface area (Å²) in [5, 5.41) is 0. The van der Waals surface area contributed by atoms with Crippen LogP contribution in [0, 0.1) is 0 Å². The zero-order chi connectivity index (χ0) is 14.5. The molecule has 0 spiro atoms. The maximum atomic E-state index is 11.8. The quantitative estimate of drug-likeness (QED) is 0.789. The summed E-state index contributed by atoms with van der Waals surface area (Å²) in [4.78, 5) is 11.2. The molecule has 8 heteroatoms. The molecule has 0 bridgehead atoms. The van der Waals surface area contributed by atoms with Crippen molar-refractivity contribution in [2.75, 3.05) is 24.2 Å².